The first-order chi connectivity index (χ1) is 10.0. The average Bonchev–Trinajstić information content (AvgIpc) is 2.53. The predicted octanol–water partition coefficient (Wildman–Crippen LogP) is 3.39. The molecule has 0 amide bonds. The SMILES string of the molecule is COc1ccc(C(C)(C)CN=C(N)N2CCCCC2)cc1.I. The van der Waals surface area contributed by atoms with Crippen LogP contribution in [0, 0.1) is 0 Å². The molecule has 1 aromatic rings. The minimum atomic E-state index is -0.0350. The molecular weight excluding hydrogens is 389 g/mol. The topological polar surface area (TPSA) is 50.9 Å². The van der Waals surface area contributed by atoms with Gasteiger partial charge in [-0.2, -0.15) is 0 Å². The highest BCUT2D eigenvalue weighted by atomic mass is 127. The van der Waals surface area contributed by atoms with E-state index in [0.717, 1.165) is 18.8 Å². The van der Waals surface area contributed by atoms with Crippen molar-refractivity contribution in [2.75, 3.05) is 26.7 Å². The van der Waals surface area contributed by atoms with E-state index in [1.807, 2.05) is 12.1 Å². The zero-order valence-corrected chi connectivity index (χ0v) is 16.2. The van der Waals surface area contributed by atoms with Gasteiger partial charge in [0.1, 0.15) is 5.75 Å². The second-order valence-electron chi connectivity index (χ2n) is 6.33. The van der Waals surface area contributed by atoms with Crippen molar-refractivity contribution in [3.05, 3.63) is 29.8 Å². The molecule has 1 aromatic carbocycles. The van der Waals surface area contributed by atoms with Gasteiger partial charge < -0.3 is 15.4 Å². The number of ether oxygens (including phenoxy) is 1. The lowest BCUT2D eigenvalue weighted by Crippen LogP contribution is -2.41. The van der Waals surface area contributed by atoms with Gasteiger partial charge in [-0.05, 0) is 37.0 Å². The van der Waals surface area contributed by atoms with E-state index in [4.69, 9.17) is 10.5 Å². The van der Waals surface area contributed by atoms with Gasteiger partial charge in [0.05, 0.1) is 13.7 Å². The fourth-order valence-electron chi connectivity index (χ4n) is 2.64. The van der Waals surface area contributed by atoms with Gasteiger partial charge in [0.2, 0.25) is 0 Å². The molecule has 0 saturated carbocycles. The molecule has 0 aromatic heterocycles. The van der Waals surface area contributed by atoms with Crippen LogP contribution >= 0.6 is 24.0 Å². The third-order valence-electron chi connectivity index (χ3n) is 4.19. The Morgan fingerprint density at radius 2 is 1.77 bits per heavy atom. The van der Waals surface area contributed by atoms with E-state index >= 15 is 0 Å². The first-order valence-electron chi connectivity index (χ1n) is 7.72. The van der Waals surface area contributed by atoms with Crippen molar-refractivity contribution < 1.29 is 4.74 Å². The summed E-state index contributed by atoms with van der Waals surface area (Å²) in [7, 11) is 1.68. The van der Waals surface area contributed by atoms with Gasteiger partial charge in [0.25, 0.3) is 0 Å². The Labute approximate surface area is 151 Å². The van der Waals surface area contributed by atoms with Crippen LogP contribution in [0.4, 0.5) is 0 Å². The molecule has 5 heteroatoms. The molecule has 0 bridgehead atoms. The highest BCUT2D eigenvalue weighted by Gasteiger charge is 2.21. The Morgan fingerprint density at radius 3 is 2.32 bits per heavy atom. The molecule has 1 fully saturated rings. The van der Waals surface area contributed by atoms with Crippen LogP contribution in [-0.4, -0.2) is 37.6 Å². The smallest absolute Gasteiger partial charge is 0.191 e. The maximum absolute atomic E-state index is 6.14. The Hall–Kier alpha value is -0.980. The number of nitrogens with zero attached hydrogens (tertiary/aromatic N) is 2. The summed E-state index contributed by atoms with van der Waals surface area (Å²) in [4.78, 5) is 6.83. The minimum Gasteiger partial charge on any atom is -0.497 e. The van der Waals surface area contributed by atoms with Gasteiger partial charge in [-0.1, -0.05) is 26.0 Å². The lowest BCUT2D eigenvalue weighted by Gasteiger charge is -2.29. The summed E-state index contributed by atoms with van der Waals surface area (Å²) in [6.45, 7) is 7.17. The third kappa shape index (κ3) is 5.04. The Kier molecular flexibility index (Phi) is 7.45. The summed E-state index contributed by atoms with van der Waals surface area (Å²) < 4.78 is 5.21. The van der Waals surface area contributed by atoms with Crippen LogP contribution in [0.25, 0.3) is 0 Å². The van der Waals surface area contributed by atoms with E-state index < -0.39 is 0 Å². The van der Waals surface area contributed by atoms with Crippen LogP contribution < -0.4 is 10.5 Å². The molecule has 1 aliphatic heterocycles. The number of hydrogen-bond acceptors (Lipinski definition) is 2. The highest BCUT2D eigenvalue weighted by Crippen LogP contribution is 2.25. The Balaban J connectivity index is 0.00000242. The molecule has 1 saturated heterocycles. The normalized spacial score (nSPS) is 16.1. The van der Waals surface area contributed by atoms with E-state index in [9.17, 15) is 0 Å². The second-order valence-corrected chi connectivity index (χ2v) is 6.33. The number of methoxy groups -OCH3 is 1. The summed E-state index contributed by atoms with van der Waals surface area (Å²) in [6, 6.07) is 8.19. The molecule has 4 nitrogen and oxygen atoms in total. The standard InChI is InChI=1S/C17H27N3O.HI/c1-17(2,14-7-9-15(21-3)10-8-14)13-19-16(18)20-11-5-4-6-12-20;/h7-10H,4-6,11-13H2,1-3H3,(H2,18,19);1H. The quantitative estimate of drug-likeness (QED) is 0.464. The molecule has 2 rings (SSSR count). The van der Waals surface area contributed by atoms with Crippen molar-refractivity contribution in [1.29, 1.82) is 0 Å². The van der Waals surface area contributed by atoms with Crippen molar-refractivity contribution in [3.63, 3.8) is 0 Å². The maximum atomic E-state index is 6.14. The fraction of sp³-hybridized carbons (Fsp3) is 0.588. The van der Waals surface area contributed by atoms with E-state index in [2.05, 4.69) is 35.9 Å². The van der Waals surface area contributed by atoms with Gasteiger partial charge in [-0.15, -0.1) is 24.0 Å². The van der Waals surface area contributed by atoms with Crippen molar-refractivity contribution in [3.8, 4) is 5.75 Å². The van der Waals surface area contributed by atoms with E-state index in [0.29, 0.717) is 12.5 Å². The van der Waals surface area contributed by atoms with Crippen LogP contribution in [0.5, 0.6) is 5.75 Å². The average molecular weight is 417 g/mol. The van der Waals surface area contributed by atoms with Gasteiger partial charge >= 0.3 is 0 Å². The van der Waals surface area contributed by atoms with Gasteiger partial charge in [-0.25, -0.2) is 0 Å². The lowest BCUT2D eigenvalue weighted by molar-refractivity contribution is 0.337. The van der Waals surface area contributed by atoms with Crippen LogP contribution in [0.3, 0.4) is 0 Å². The first-order valence-corrected chi connectivity index (χ1v) is 7.72. The van der Waals surface area contributed by atoms with Crippen LogP contribution in [-0.2, 0) is 5.41 Å². The van der Waals surface area contributed by atoms with Crippen LogP contribution in [0.2, 0.25) is 0 Å². The Morgan fingerprint density at radius 1 is 1.18 bits per heavy atom. The number of rotatable bonds is 4. The summed E-state index contributed by atoms with van der Waals surface area (Å²) in [6.07, 6.45) is 3.75. The van der Waals surface area contributed by atoms with E-state index in [1.165, 1.54) is 24.8 Å². The lowest BCUT2D eigenvalue weighted by atomic mass is 9.85. The minimum absolute atomic E-state index is 0. The molecule has 0 aliphatic carbocycles. The monoisotopic (exact) mass is 417 g/mol. The molecular formula is C17H28IN3O. The highest BCUT2D eigenvalue weighted by molar-refractivity contribution is 14.0. The largest absolute Gasteiger partial charge is 0.497 e. The van der Waals surface area contributed by atoms with Crippen molar-refractivity contribution in [1.82, 2.24) is 4.90 Å². The van der Waals surface area contributed by atoms with Crippen molar-refractivity contribution in [2.24, 2.45) is 10.7 Å². The Bertz CT molecular complexity index is 479. The van der Waals surface area contributed by atoms with Crippen LogP contribution in [0.15, 0.2) is 29.3 Å². The number of halogens is 1. The zero-order valence-electron chi connectivity index (χ0n) is 13.8. The number of aliphatic imine (C=N–C) groups is 1. The molecule has 2 N–H and O–H groups in total. The number of piperidine rings is 1. The fourth-order valence-corrected chi connectivity index (χ4v) is 2.64. The van der Waals surface area contributed by atoms with Crippen molar-refractivity contribution in [2.45, 2.75) is 38.5 Å². The molecule has 0 atom stereocenters. The van der Waals surface area contributed by atoms with Crippen LogP contribution in [0.1, 0.15) is 38.7 Å². The molecule has 1 heterocycles. The first kappa shape index (κ1) is 19.1. The molecule has 0 spiro atoms. The summed E-state index contributed by atoms with van der Waals surface area (Å²) in [5.41, 5.74) is 7.35. The number of nitrogens with two attached hydrogens (primary N) is 1. The molecule has 0 unspecified atom stereocenters. The van der Waals surface area contributed by atoms with E-state index in [-0.39, 0.29) is 29.4 Å². The van der Waals surface area contributed by atoms with Gasteiger partial charge in [-0.3, -0.25) is 4.99 Å². The summed E-state index contributed by atoms with van der Waals surface area (Å²) in [5.74, 6) is 1.57. The number of likely N-dealkylation sites (tertiary alicyclic amines) is 1. The zero-order chi connectivity index (χ0) is 15.3. The van der Waals surface area contributed by atoms with Crippen molar-refractivity contribution >= 4 is 29.9 Å². The van der Waals surface area contributed by atoms with Gasteiger partial charge in [0.15, 0.2) is 5.96 Å². The number of benzene rings is 1. The molecule has 124 valence electrons. The van der Waals surface area contributed by atoms with E-state index in [1.54, 1.807) is 7.11 Å². The second kappa shape index (κ2) is 8.60. The van der Waals surface area contributed by atoms with Gasteiger partial charge in [0, 0.05) is 18.5 Å². The summed E-state index contributed by atoms with van der Waals surface area (Å²) >= 11 is 0. The number of guanidine groups is 1. The molecule has 1 aliphatic rings. The molecule has 0 radical (unpaired) electrons. The molecule has 22 heavy (non-hydrogen) atoms. The third-order valence-corrected chi connectivity index (χ3v) is 4.19. The predicted molar refractivity (Wildman–Crippen MR) is 103 cm³/mol. The number of hydrogen-bond donors (Lipinski definition) is 1. The maximum Gasteiger partial charge on any atom is 0.191 e. The summed E-state index contributed by atoms with van der Waals surface area (Å²) in [5, 5.41) is 0.